The van der Waals surface area contributed by atoms with Crippen LogP contribution < -0.4 is 0 Å². The average Bonchev–Trinajstić information content (AvgIpc) is 3.23. The van der Waals surface area contributed by atoms with E-state index in [2.05, 4.69) is 32.3 Å². The third-order valence-electron chi connectivity index (χ3n) is 4.65. The van der Waals surface area contributed by atoms with Crippen molar-refractivity contribution in [2.75, 3.05) is 6.61 Å². The van der Waals surface area contributed by atoms with Crippen LogP contribution in [0.4, 0.5) is 0 Å². The fourth-order valence-corrected chi connectivity index (χ4v) is 5.33. The second-order valence-corrected chi connectivity index (χ2v) is 8.71. The van der Waals surface area contributed by atoms with Crippen LogP contribution >= 0.6 is 23.1 Å². The first-order chi connectivity index (χ1) is 14.5. The van der Waals surface area contributed by atoms with Crippen LogP contribution in [0.3, 0.4) is 0 Å². The molecule has 9 heteroatoms. The Kier molecular flexibility index (Phi) is 5.83. The van der Waals surface area contributed by atoms with Crippen LogP contribution in [0.25, 0.3) is 10.2 Å². The smallest absolute Gasteiger partial charge is 0.348 e. The summed E-state index contributed by atoms with van der Waals surface area (Å²) in [5.41, 5.74) is 2.01. The molecule has 0 aliphatic rings. The van der Waals surface area contributed by atoms with Gasteiger partial charge in [0.2, 0.25) is 0 Å². The van der Waals surface area contributed by atoms with Gasteiger partial charge < -0.3 is 9.30 Å². The molecule has 0 N–H and O–H groups in total. The fourth-order valence-electron chi connectivity index (χ4n) is 3.12. The number of carbonyl (C=O) groups is 1. The highest BCUT2D eigenvalue weighted by Crippen LogP contribution is 2.38. The number of hydrogen-bond donors (Lipinski definition) is 0. The number of ether oxygens (including phenoxy) is 1. The molecular formula is C21H21N5O2S2. The Morgan fingerprint density at radius 3 is 2.67 bits per heavy atom. The molecule has 0 saturated heterocycles. The van der Waals surface area contributed by atoms with Crippen molar-refractivity contribution < 1.29 is 9.53 Å². The molecule has 30 heavy (non-hydrogen) atoms. The van der Waals surface area contributed by atoms with Gasteiger partial charge in [-0.25, -0.2) is 14.8 Å². The van der Waals surface area contributed by atoms with Gasteiger partial charge in [-0.05, 0) is 43.7 Å². The molecule has 0 spiro atoms. The molecule has 154 valence electrons. The third-order valence-corrected chi connectivity index (χ3v) is 6.84. The van der Waals surface area contributed by atoms with E-state index in [1.807, 2.05) is 43.7 Å². The summed E-state index contributed by atoms with van der Waals surface area (Å²) in [6, 6.07) is 10.2. The Morgan fingerprint density at radius 1 is 1.17 bits per heavy atom. The molecule has 1 aromatic carbocycles. The number of aromatic nitrogens is 5. The number of aryl methyl sites for hydroxylation is 2. The van der Waals surface area contributed by atoms with E-state index in [9.17, 15) is 4.79 Å². The predicted octanol–water partition coefficient (Wildman–Crippen LogP) is 4.36. The van der Waals surface area contributed by atoms with Crippen molar-refractivity contribution in [1.82, 2.24) is 24.7 Å². The zero-order chi connectivity index (χ0) is 21.3. The van der Waals surface area contributed by atoms with E-state index < -0.39 is 0 Å². The topological polar surface area (TPSA) is 82.8 Å². The number of benzene rings is 1. The lowest BCUT2D eigenvalue weighted by Gasteiger charge is -2.06. The van der Waals surface area contributed by atoms with Crippen LogP contribution in [0.1, 0.15) is 39.4 Å². The first-order valence-corrected chi connectivity index (χ1v) is 11.2. The van der Waals surface area contributed by atoms with Crippen LogP contribution in [-0.2, 0) is 18.2 Å². The second-order valence-electron chi connectivity index (χ2n) is 6.76. The number of carbonyl (C=O) groups excluding carboxylic acids is 1. The normalized spacial score (nSPS) is 11.2. The number of nitrogens with zero attached hydrogens (tertiary/aromatic N) is 5. The lowest BCUT2D eigenvalue weighted by atomic mass is 10.1. The van der Waals surface area contributed by atoms with Gasteiger partial charge in [-0.15, -0.1) is 21.5 Å². The monoisotopic (exact) mass is 439 g/mol. The van der Waals surface area contributed by atoms with Gasteiger partial charge in [0.05, 0.1) is 6.61 Å². The summed E-state index contributed by atoms with van der Waals surface area (Å²) in [6.45, 7) is 5.89. The Balaban J connectivity index is 1.70. The summed E-state index contributed by atoms with van der Waals surface area (Å²) in [4.78, 5) is 22.8. The molecule has 3 heterocycles. The summed E-state index contributed by atoms with van der Waals surface area (Å²) in [6.07, 6.45) is 0.702. The number of hydrogen-bond acceptors (Lipinski definition) is 8. The summed E-state index contributed by atoms with van der Waals surface area (Å²) in [5, 5.41) is 11.1. The summed E-state index contributed by atoms with van der Waals surface area (Å²) in [5.74, 6) is 1.20. The van der Waals surface area contributed by atoms with Gasteiger partial charge in [0.1, 0.15) is 26.4 Å². The standard InChI is InChI=1S/C21H21N5O2S2/c1-5-28-20(27)17-12(2)16-18(29-17)22-13(3)23-19(16)30-21-25-24-15(26(21)4)11-14-9-7-6-8-10-14/h6-10H,5,11H2,1-4H3. The van der Waals surface area contributed by atoms with Crippen molar-refractivity contribution in [2.24, 2.45) is 7.05 Å². The first kappa shape index (κ1) is 20.5. The van der Waals surface area contributed by atoms with Crippen LogP contribution in [0.15, 0.2) is 40.5 Å². The molecule has 4 aromatic rings. The lowest BCUT2D eigenvalue weighted by Crippen LogP contribution is -2.03. The Labute approximate surface area is 182 Å². The van der Waals surface area contributed by atoms with Gasteiger partial charge in [-0.3, -0.25) is 0 Å². The van der Waals surface area contributed by atoms with Gasteiger partial charge in [-0.1, -0.05) is 30.3 Å². The van der Waals surface area contributed by atoms with Crippen molar-refractivity contribution >= 4 is 39.3 Å². The van der Waals surface area contributed by atoms with Gasteiger partial charge in [0.25, 0.3) is 0 Å². The lowest BCUT2D eigenvalue weighted by molar-refractivity contribution is 0.0531. The maximum Gasteiger partial charge on any atom is 0.348 e. The van der Waals surface area contributed by atoms with E-state index in [0.29, 0.717) is 23.7 Å². The maximum atomic E-state index is 12.3. The van der Waals surface area contributed by atoms with Gasteiger partial charge >= 0.3 is 5.97 Å². The van der Waals surface area contributed by atoms with E-state index in [1.54, 1.807) is 6.92 Å². The largest absolute Gasteiger partial charge is 0.462 e. The Bertz CT molecular complexity index is 1220. The Morgan fingerprint density at radius 2 is 1.93 bits per heavy atom. The van der Waals surface area contributed by atoms with Crippen molar-refractivity contribution in [2.45, 2.75) is 37.4 Å². The molecule has 0 atom stereocenters. The highest BCUT2D eigenvalue weighted by atomic mass is 32.2. The quantitative estimate of drug-likeness (QED) is 0.326. The molecule has 3 aromatic heterocycles. The van der Waals surface area contributed by atoms with Crippen molar-refractivity contribution in [1.29, 1.82) is 0 Å². The van der Waals surface area contributed by atoms with E-state index in [-0.39, 0.29) is 5.97 Å². The molecule has 0 fully saturated rings. The van der Waals surface area contributed by atoms with Gasteiger partial charge in [-0.2, -0.15) is 0 Å². The van der Waals surface area contributed by atoms with E-state index >= 15 is 0 Å². The second kappa shape index (κ2) is 8.53. The molecule has 7 nitrogen and oxygen atoms in total. The van der Waals surface area contributed by atoms with E-state index in [0.717, 1.165) is 31.8 Å². The summed E-state index contributed by atoms with van der Waals surface area (Å²) < 4.78 is 7.18. The molecular weight excluding hydrogens is 418 g/mol. The minimum Gasteiger partial charge on any atom is -0.462 e. The van der Waals surface area contributed by atoms with Crippen molar-refractivity contribution in [3.05, 3.63) is 58.0 Å². The Hall–Kier alpha value is -2.78. The molecule has 0 aliphatic carbocycles. The zero-order valence-electron chi connectivity index (χ0n) is 17.2. The minimum atomic E-state index is -0.324. The molecule has 0 unspecified atom stereocenters. The van der Waals surface area contributed by atoms with Crippen LogP contribution in [0, 0.1) is 13.8 Å². The number of esters is 1. The SMILES string of the molecule is CCOC(=O)c1sc2nc(C)nc(Sc3nnc(Cc4ccccc4)n3C)c2c1C. The molecule has 0 amide bonds. The van der Waals surface area contributed by atoms with E-state index in [1.165, 1.54) is 28.7 Å². The number of fused-ring (bicyclic) bond motifs is 1. The van der Waals surface area contributed by atoms with Crippen LogP contribution in [0.2, 0.25) is 0 Å². The average molecular weight is 440 g/mol. The maximum absolute atomic E-state index is 12.3. The number of rotatable bonds is 6. The van der Waals surface area contributed by atoms with Crippen molar-refractivity contribution in [3.63, 3.8) is 0 Å². The summed E-state index contributed by atoms with van der Waals surface area (Å²) in [7, 11) is 1.95. The highest BCUT2D eigenvalue weighted by Gasteiger charge is 2.22. The minimum absolute atomic E-state index is 0.324. The van der Waals surface area contributed by atoms with Crippen LogP contribution in [0.5, 0.6) is 0 Å². The molecule has 0 bridgehead atoms. The van der Waals surface area contributed by atoms with Crippen molar-refractivity contribution in [3.8, 4) is 0 Å². The molecule has 0 radical (unpaired) electrons. The predicted molar refractivity (Wildman–Crippen MR) is 117 cm³/mol. The van der Waals surface area contributed by atoms with Crippen LogP contribution in [-0.4, -0.2) is 37.3 Å². The highest BCUT2D eigenvalue weighted by molar-refractivity contribution is 7.99. The van der Waals surface area contributed by atoms with Gasteiger partial charge in [0.15, 0.2) is 5.16 Å². The first-order valence-electron chi connectivity index (χ1n) is 9.52. The molecule has 0 aliphatic heterocycles. The third kappa shape index (κ3) is 3.95. The number of thiophene rings is 1. The molecule has 0 saturated carbocycles. The fraction of sp³-hybridized carbons (Fsp3) is 0.286. The summed E-state index contributed by atoms with van der Waals surface area (Å²) >= 11 is 2.77. The van der Waals surface area contributed by atoms with Gasteiger partial charge in [0, 0.05) is 18.9 Å². The zero-order valence-corrected chi connectivity index (χ0v) is 18.8. The molecule has 4 rings (SSSR count). The van der Waals surface area contributed by atoms with E-state index in [4.69, 9.17) is 4.74 Å².